The summed E-state index contributed by atoms with van der Waals surface area (Å²) in [5, 5.41) is 13.6. The van der Waals surface area contributed by atoms with Crippen LogP contribution in [0.5, 0.6) is 5.75 Å². The number of ether oxygens (including phenoxy) is 1. The number of aliphatic carboxylic acids is 1. The maximum Gasteiger partial charge on any atom is 1.00 e. The van der Waals surface area contributed by atoms with Crippen molar-refractivity contribution in [2.75, 3.05) is 6.61 Å². The summed E-state index contributed by atoms with van der Waals surface area (Å²) in [5.41, 5.74) is 3.00. The van der Waals surface area contributed by atoms with Gasteiger partial charge in [-0.15, -0.1) is 0 Å². The molecular formula is C23H18Cl2N2NaO3+. The number of nitrogens with one attached hydrogen (secondary N) is 1. The van der Waals surface area contributed by atoms with Crippen LogP contribution in [0.4, 0.5) is 0 Å². The molecule has 5 nitrogen and oxygen atoms in total. The number of carboxylic acids is 1. The van der Waals surface area contributed by atoms with Gasteiger partial charge in [-0.3, -0.25) is 4.99 Å². The van der Waals surface area contributed by atoms with E-state index in [1.807, 2.05) is 60.7 Å². The number of amidine groups is 1. The third kappa shape index (κ3) is 5.82. The molecule has 0 unspecified atom stereocenters. The van der Waals surface area contributed by atoms with E-state index in [4.69, 9.17) is 38.0 Å². The van der Waals surface area contributed by atoms with Crippen molar-refractivity contribution in [1.82, 2.24) is 5.32 Å². The van der Waals surface area contributed by atoms with E-state index in [9.17, 15) is 4.79 Å². The quantitative estimate of drug-likeness (QED) is 0.550. The molecule has 0 radical (unpaired) electrons. The second-order valence-corrected chi connectivity index (χ2v) is 7.73. The molecule has 0 aliphatic carbocycles. The number of benzene rings is 3. The van der Waals surface area contributed by atoms with E-state index in [0.29, 0.717) is 15.8 Å². The molecule has 2 N–H and O–H groups in total. The second-order valence-electron chi connectivity index (χ2n) is 6.85. The molecule has 0 amide bonds. The van der Waals surface area contributed by atoms with Gasteiger partial charge in [0.1, 0.15) is 17.6 Å². The molecule has 0 aromatic heterocycles. The monoisotopic (exact) mass is 463 g/mol. The van der Waals surface area contributed by atoms with E-state index in [0.717, 1.165) is 22.5 Å². The smallest absolute Gasteiger partial charge is 0.482 e. The van der Waals surface area contributed by atoms with Gasteiger partial charge in [0.15, 0.2) is 6.61 Å². The average Bonchev–Trinajstić information content (AvgIpc) is 3.19. The van der Waals surface area contributed by atoms with Crippen LogP contribution in [0.3, 0.4) is 0 Å². The number of halogens is 2. The summed E-state index contributed by atoms with van der Waals surface area (Å²) in [4.78, 5) is 15.6. The molecule has 1 heterocycles. The van der Waals surface area contributed by atoms with E-state index in [1.54, 1.807) is 12.1 Å². The Morgan fingerprint density at radius 2 is 1.45 bits per heavy atom. The van der Waals surface area contributed by atoms with Crippen molar-refractivity contribution in [3.05, 3.63) is 99.5 Å². The van der Waals surface area contributed by atoms with Crippen LogP contribution >= 0.6 is 23.2 Å². The maximum atomic E-state index is 10.7. The Hall–Kier alpha value is -2.02. The molecule has 0 fully saturated rings. The minimum Gasteiger partial charge on any atom is -0.482 e. The molecule has 3 aromatic carbocycles. The van der Waals surface area contributed by atoms with E-state index in [-0.39, 0.29) is 48.2 Å². The third-order valence-corrected chi connectivity index (χ3v) is 5.31. The van der Waals surface area contributed by atoms with E-state index < -0.39 is 5.97 Å². The van der Waals surface area contributed by atoms with Gasteiger partial charge >= 0.3 is 35.5 Å². The van der Waals surface area contributed by atoms with Crippen molar-refractivity contribution in [2.45, 2.75) is 12.1 Å². The minimum absolute atomic E-state index is 0. The Kier molecular flexibility index (Phi) is 8.03. The zero-order valence-corrected chi connectivity index (χ0v) is 20.3. The largest absolute Gasteiger partial charge is 1.00 e. The molecule has 2 atom stereocenters. The topological polar surface area (TPSA) is 70.9 Å². The first kappa shape index (κ1) is 23.6. The Morgan fingerprint density at radius 3 is 2.00 bits per heavy atom. The number of rotatable bonds is 6. The molecule has 3 aromatic rings. The van der Waals surface area contributed by atoms with Crippen molar-refractivity contribution in [1.29, 1.82) is 0 Å². The first-order valence-electron chi connectivity index (χ1n) is 9.30. The second kappa shape index (κ2) is 10.5. The summed E-state index contributed by atoms with van der Waals surface area (Å²) in [6.45, 7) is -0.379. The predicted octanol–water partition coefficient (Wildman–Crippen LogP) is 2.29. The Balaban J connectivity index is 0.00000272. The van der Waals surface area contributed by atoms with Gasteiger partial charge in [-0.1, -0.05) is 47.5 Å². The summed E-state index contributed by atoms with van der Waals surface area (Å²) in [6, 6.07) is 22.4. The molecule has 0 bridgehead atoms. The molecule has 0 saturated heterocycles. The fourth-order valence-corrected chi connectivity index (χ4v) is 3.60. The zero-order valence-electron chi connectivity index (χ0n) is 16.8. The molecule has 31 heavy (non-hydrogen) atoms. The van der Waals surface area contributed by atoms with Gasteiger partial charge in [-0.2, -0.15) is 0 Å². The van der Waals surface area contributed by atoms with Crippen LogP contribution in [0.1, 0.15) is 28.8 Å². The van der Waals surface area contributed by atoms with Crippen LogP contribution in [0.15, 0.2) is 77.8 Å². The van der Waals surface area contributed by atoms with Gasteiger partial charge in [0.05, 0.1) is 6.04 Å². The van der Waals surface area contributed by atoms with Crippen LogP contribution < -0.4 is 39.6 Å². The van der Waals surface area contributed by atoms with Gasteiger partial charge in [0.25, 0.3) is 0 Å². The Bertz CT molecular complexity index is 1070. The molecule has 0 saturated carbocycles. The number of nitrogens with zero attached hydrogens (tertiary/aromatic N) is 1. The predicted molar refractivity (Wildman–Crippen MR) is 118 cm³/mol. The van der Waals surface area contributed by atoms with Gasteiger partial charge in [0.2, 0.25) is 0 Å². The zero-order chi connectivity index (χ0) is 21.1. The molecule has 1 aliphatic rings. The number of hydrogen-bond donors (Lipinski definition) is 2. The van der Waals surface area contributed by atoms with Crippen LogP contribution in [-0.2, 0) is 4.79 Å². The van der Waals surface area contributed by atoms with Crippen LogP contribution in [0, 0.1) is 0 Å². The van der Waals surface area contributed by atoms with Crippen molar-refractivity contribution < 1.29 is 44.2 Å². The van der Waals surface area contributed by atoms with Crippen LogP contribution in [-0.4, -0.2) is 23.5 Å². The molecule has 4 rings (SSSR count). The fraction of sp³-hybridized carbons (Fsp3) is 0.130. The SMILES string of the molecule is O=C(O)COc1ccc(C2=N[C@H](c3ccc(Cl)cc3)[C@H](c3ccc(Cl)cc3)N2)cc1.[Na+]. The first-order valence-corrected chi connectivity index (χ1v) is 10.1. The van der Waals surface area contributed by atoms with Gasteiger partial charge in [0, 0.05) is 15.6 Å². The van der Waals surface area contributed by atoms with E-state index >= 15 is 0 Å². The normalized spacial score (nSPS) is 17.3. The fourth-order valence-electron chi connectivity index (χ4n) is 3.35. The molecule has 0 spiro atoms. The summed E-state index contributed by atoms with van der Waals surface area (Å²) >= 11 is 12.1. The van der Waals surface area contributed by atoms with Crippen LogP contribution in [0.2, 0.25) is 10.0 Å². The summed E-state index contributed by atoms with van der Waals surface area (Å²) in [5.74, 6) is 0.223. The molecule has 152 valence electrons. The summed E-state index contributed by atoms with van der Waals surface area (Å²) in [6.07, 6.45) is 0. The number of carbonyl (C=O) groups is 1. The van der Waals surface area contributed by atoms with Gasteiger partial charge in [-0.05, 0) is 59.7 Å². The van der Waals surface area contributed by atoms with E-state index in [1.165, 1.54) is 0 Å². The number of hydrogen-bond acceptors (Lipinski definition) is 4. The van der Waals surface area contributed by atoms with E-state index in [2.05, 4.69) is 5.32 Å². The standard InChI is InChI=1S/C23H18Cl2N2O3.Na/c24-17-7-1-14(2-8-17)21-22(15-3-9-18(25)10-4-15)27-23(26-21)16-5-11-19(12-6-16)30-13-20(28)29;/h1-12,21-22H,13H2,(H,26,27)(H,28,29);/q;+1/t21-,22+;. The minimum atomic E-state index is -1.02. The first-order chi connectivity index (χ1) is 14.5. The maximum absolute atomic E-state index is 10.7. The third-order valence-electron chi connectivity index (χ3n) is 4.81. The van der Waals surface area contributed by atoms with Crippen molar-refractivity contribution in [2.24, 2.45) is 4.99 Å². The molecular weight excluding hydrogens is 446 g/mol. The van der Waals surface area contributed by atoms with Crippen molar-refractivity contribution >= 4 is 35.0 Å². The van der Waals surface area contributed by atoms with Crippen LogP contribution in [0.25, 0.3) is 0 Å². The Morgan fingerprint density at radius 1 is 0.903 bits per heavy atom. The molecule has 8 heteroatoms. The van der Waals surface area contributed by atoms with Crippen molar-refractivity contribution in [3.8, 4) is 5.75 Å². The number of carboxylic acid groups (broad SMARTS) is 1. The Labute approximate surface area is 212 Å². The van der Waals surface area contributed by atoms with Gasteiger partial charge in [-0.25, -0.2) is 4.79 Å². The van der Waals surface area contributed by atoms with Crippen molar-refractivity contribution in [3.63, 3.8) is 0 Å². The summed E-state index contributed by atoms with van der Waals surface area (Å²) < 4.78 is 5.20. The summed E-state index contributed by atoms with van der Waals surface area (Å²) in [7, 11) is 0. The van der Waals surface area contributed by atoms with Gasteiger partial charge < -0.3 is 15.2 Å². The number of aliphatic imine (C=N–C) groups is 1. The average molecular weight is 464 g/mol. The molecule has 1 aliphatic heterocycles.